The number of rotatable bonds is 3. The van der Waals surface area contributed by atoms with E-state index in [0.717, 1.165) is 33.5 Å². The zero-order chi connectivity index (χ0) is 30.1. The van der Waals surface area contributed by atoms with Crippen LogP contribution in [0.25, 0.3) is 77.3 Å². The number of aromatic nitrogens is 4. The largest absolute Gasteiger partial charge is 0.255 e. The minimum absolute atomic E-state index is 0.187. The van der Waals surface area contributed by atoms with Crippen molar-refractivity contribution in [1.29, 1.82) is 0 Å². The van der Waals surface area contributed by atoms with Gasteiger partial charge in [-0.15, -0.1) is 0 Å². The lowest BCUT2D eigenvalue weighted by atomic mass is 9.70. The van der Waals surface area contributed by atoms with Crippen LogP contribution in [-0.2, 0) is 5.41 Å². The van der Waals surface area contributed by atoms with E-state index >= 15 is 0 Å². The molecule has 4 heteroatoms. The normalized spacial score (nSPS) is 13.3. The highest BCUT2D eigenvalue weighted by Crippen LogP contribution is 2.48. The predicted molar refractivity (Wildman–Crippen MR) is 184 cm³/mol. The smallest absolute Gasteiger partial charge is 0.0970 e. The van der Waals surface area contributed by atoms with E-state index in [1.807, 2.05) is 49.1 Å². The summed E-state index contributed by atoms with van der Waals surface area (Å²) in [6.45, 7) is 4.60. The Morgan fingerprint density at radius 1 is 0.422 bits per heavy atom. The molecule has 1 aliphatic rings. The number of benzene rings is 4. The van der Waals surface area contributed by atoms with Crippen LogP contribution < -0.4 is 0 Å². The van der Waals surface area contributed by atoms with Gasteiger partial charge in [0.1, 0.15) is 0 Å². The van der Waals surface area contributed by atoms with Crippen molar-refractivity contribution in [3.63, 3.8) is 0 Å². The molecule has 0 bridgehead atoms. The molecule has 0 radical (unpaired) electrons. The molecule has 0 saturated carbocycles. The summed E-state index contributed by atoms with van der Waals surface area (Å²) in [6.07, 6.45) is 7.46. The number of nitrogens with zero attached hydrogens (tertiary/aromatic N) is 4. The molecule has 0 fully saturated rings. The van der Waals surface area contributed by atoms with Gasteiger partial charge in [0.15, 0.2) is 0 Å². The second-order valence-corrected chi connectivity index (χ2v) is 12.4. The molecular weight excluding hydrogens is 548 g/mol. The molecule has 8 aromatic rings. The van der Waals surface area contributed by atoms with Crippen molar-refractivity contribution in [3.05, 3.63) is 145 Å². The highest BCUT2D eigenvalue weighted by atomic mass is 14.8. The fourth-order valence-electron chi connectivity index (χ4n) is 7.07. The maximum absolute atomic E-state index is 4.79. The Bertz CT molecular complexity index is 2460. The van der Waals surface area contributed by atoms with Gasteiger partial charge in [-0.25, -0.2) is 0 Å². The van der Waals surface area contributed by atoms with Crippen molar-refractivity contribution in [3.8, 4) is 45.0 Å². The Kier molecular flexibility index (Phi) is 5.51. The van der Waals surface area contributed by atoms with Gasteiger partial charge >= 0.3 is 0 Å². The zero-order valence-electron chi connectivity index (χ0n) is 25.0. The van der Waals surface area contributed by atoms with E-state index in [1.54, 1.807) is 0 Å². The number of hydrogen-bond acceptors (Lipinski definition) is 4. The number of fused-ring (bicyclic) bond motifs is 4. The molecule has 0 amide bonds. The van der Waals surface area contributed by atoms with Crippen LogP contribution in [-0.4, -0.2) is 19.9 Å². The maximum Gasteiger partial charge on any atom is 0.0970 e. The Hall–Kier alpha value is -5.74. The molecule has 0 aliphatic heterocycles. The summed E-state index contributed by atoms with van der Waals surface area (Å²) in [7, 11) is 0. The fraction of sp³-hybridized carbons (Fsp3) is 0.0732. The van der Waals surface area contributed by atoms with Crippen molar-refractivity contribution in [2.45, 2.75) is 19.3 Å². The third kappa shape index (κ3) is 3.99. The fourth-order valence-corrected chi connectivity index (χ4v) is 7.07. The van der Waals surface area contributed by atoms with Crippen molar-refractivity contribution in [2.24, 2.45) is 0 Å². The minimum atomic E-state index is -0.187. The standard InChI is InChI=1S/C41H28N4/c1-41(2)34-6-5-17-43-39(34)40-37-31(15-19-45-40)23-32(24-35(37)41)29-11-10-25-20-26(8-9-27(25)21-29)28-12-13-33-30(22-28)14-18-44-38(33)36-7-3-4-16-42-36/h3-24H,1-2H3. The van der Waals surface area contributed by atoms with Gasteiger partial charge < -0.3 is 0 Å². The molecule has 0 saturated heterocycles. The molecule has 212 valence electrons. The molecule has 1 aliphatic carbocycles. The van der Waals surface area contributed by atoms with Crippen LogP contribution in [0.4, 0.5) is 0 Å². The lowest BCUT2D eigenvalue weighted by molar-refractivity contribution is 0.641. The van der Waals surface area contributed by atoms with E-state index in [0.29, 0.717) is 0 Å². The van der Waals surface area contributed by atoms with Crippen molar-refractivity contribution in [2.75, 3.05) is 0 Å². The summed E-state index contributed by atoms with van der Waals surface area (Å²) >= 11 is 0. The lowest BCUT2D eigenvalue weighted by Gasteiger charge is -2.34. The van der Waals surface area contributed by atoms with Crippen LogP contribution in [0.15, 0.2) is 134 Å². The van der Waals surface area contributed by atoms with Gasteiger partial charge in [-0.05, 0) is 116 Å². The highest BCUT2D eigenvalue weighted by molar-refractivity contribution is 6.03. The summed E-state index contributed by atoms with van der Waals surface area (Å²) in [6, 6.07) is 39.2. The third-order valence-corrected chi connectivity index (χ3v) is 9.42. The van der Waals surface area contributed by atoms with Gasteiger partial charge in [0.05, 0.1) is 22.8 Å². The van der Waals surface area contributed by atoms with Crippen LogP contribution in [0.5, 0.6) is 0 Å². The van der Waals surface area contributed by atoms with Crippen LogP contribution in [0.1, 0.15) is 25.0 Å². The van der Waals surface area contributed by atoms with E-state index in [9.17, 15) is 0 Å². The van der Waals surface area contributed by atoms with Gasteiger partial charge in [0.2, 0.25) is 0 Å². The summed E-state index contributed by atoms with van der Waals surface area (Å²) in [4.78, 5) is 18.7. The molecular formula is C41H28N4. The SMILES string of the molecule is CC1(C)c2cccnc2-c2nccc3cc(-c4ccc5cc(-c6ccc7c(-c8ccccn8)nccc7c6)ccc5c4)cc1c23. The van der Waals surface area contributed by atoms with Gasteiger partial charge in [0, 0.05) is 41.0 Å². The molecule has 0 atom stereocenters. The monoisotopic (exact) mass is 576 g/mol. The summed E-state index contributed by atoms with van der Waals surface area (Å²) in [5, 5.41) is 7.10. The van der Waals surface area contributed by atoms with Crippen molar-refractivity contribution < 1.29 is 0 Å². The summed E-state index contributed by atoms with van der Waals surface area (Å²) < 4.78 is 0. The maximum atomic E-state index is 4.79. The van der Waals surface area contributed by atoms with E-state index in [-0.39, 0.29) is 5.41 Å². The van der Waals surface area contributed by atoms with E-state index in [4.69, 9.17) is 9.97 Å². The number of pyridine rings is 4. The van der Waals surface area contributed by atoms with E-state index in [2.05, 4.69) is 109 Å². The Morgan fingerprint density at radius 2 is 1.07 bits per heavy atom. The van der Waals surface area contributed by atoms with Crippen molar-refractivity contribution >= 4 is 32.3 Å². The lowest BCUT2D eigenvalue weighted by Crippen LogP contribution is -2.24. The average Bonchev–Trinajstić information content (AvgIpc) is 3.10. The highest BCUT2D eigenvalue weighted by Gasteiger charge is 2.35. The van der Waals surface area contributed by atoms with Gasteiger partial charge in [-0.1, -0.05) is 62.4 Å². The molecule has 45 heavy (non-hydrogen) atoms. The topological polar surface area (TPSA) is 51.6 Å². The van der Waals surface area contributed by atoms with Gasteiger partial charge in [-0.3, -0.25) is 19.9 Å². The zero-order valence-corrected chi connectivity index (χ0v) is 25.0. The Labute approximate surface area is 261 Å². The molecule has 9 rings (SSSR count). The Balaban J connectivity index is 1.12. The quantitative estimate of drug-likeness (QED) is 0.210. The second kappa shape index (κ2) is 9.63. The summed E-state index contributed by atoms with van der Waals surface area (Å²) in [5.41, 5.74) is 10.9. The second-order valence-electron chi connectivity index (χ2n) is 12.4. The van der Waals surface area contributed by atoms with Crippen LogP contribution in [0, 0.1) is 0 Å². The number of hydrogen-bond donors (Lipinski definition) is 0. The molecule has 4 heterocycles. The summed E-state index contributed by atoms with van der Waals surface area (Å²) in [5.74, 6) is 0. The van der Waals surface area contributed by atoms with Gasteiger partial charge in [-0.2, -0.15) is 0 Å². The van der Waals surface area contributed by atoms with Crippen molar-refractivity contribution in [1.82, 2.24) is 19.9 Å². The third-order valence-electron chi connectivity index (χ3n) is 9.42. The molecule has 4 aromatic heterocycles. The molecule has 4 nitrogen and oxygen atoms in total. The average molecular weight is 577 g/mol. The molecule has 0 N–H and O–H groups in total. The van der Waals surface area contributed by atoms with E-state index < -0.39 is 0 Å². The molecule has 0 unspecified atom stereocenters. The van der Waals surface area contributed by atoms with Crippen LogP contribution in [0.3, 0.4) is 0 Å². The first-order valence-corrected chi connectivity index (χ1v) is 15.3. The Morgan fingerprint density at radius 3 is 1.84 bits per heavy atom. The first kappa shape index (κ1) is 25.7. The molecule has 0 spiro atoms. The van der Waals surface area contributed by atoms with Gasteiger partial charge in [0.25, 0.3) is 0 Å². The van der Waals surface area contributed by atoms with E-state index in [1.165, 1.54) is 54.9 Å². The molecule has 4 aromatic carbocycles. The minimum Gasteiger partial charge on any atom is -0.255 e. The van der Waals surface area contributed by atoms with Crippen LogP contribution in [0.2, 0.25) is 0 Å². The first-order valence-electron chi connectivity index (χ1n) is 15.3. The van der Waals surface area contributed by atoms with Crippen LogP contribution >= 0.6 is 0 Å². The first-order chi connectivity index (χ1) is 22.0. The predicted octanol–water partition coefficient (Wildman–Crippen LogP) is 10.0.